The molecule has 1 fully saturated rings. The molecule has 1 aromatic heterocycles. The lowest BCUT2D eigenvalue weighted by atomic mass is 10.1. The van der Waals surface area contributed by atoms with Gasteiger partial charge in [-0.15, -0.1) is 0 Å². The van der Waals surface area contributed by atoms with E-state index in [1.54, 1.807) is 12.1 Å². The standard InChI is InChI=1S/C12H17N3O3/c16-15(17)12-11(5-3-7-14-12)13-8-6-10-4-1-2-9-18-10/h3,5,7,10,13H,1-2,4,6,8-9H2. The van der Waals surface area contributed by atoms with E-state index in [2.05, 4.69) is 10.3 Å². The van der Waals surface area contributed by atoms with Crippen molar-refractivity contribution in [3.63, 3.8) is 0 Å². The number of nitrogens with one attached hydrogen (secondary N) is 1. The number of aromatic nitrogens is 1. The van der Waals surface area contributed by atoms with Crippen LogP contribution in [0.15, 0.2) is 18.3 Å². The summed E-state index contributed by atoms with van der Waals surface area (Å²) in [6, 6.07) is 3.36. The highest BCUT2D eigenvalue weighted by Gasteiger charge is 2.16. The highest BCUT2D eigenvalue weighted by molar-refractivity contribution is 5.56. The molecule has 1 atom stereocenters. The van der Waals surface area contributed by atoms with E-state index >= 15 is 0 Å². The van der Waals surface area contributed by atoms with Gasteiger partial charge in [-0.1, -0.05) is 0 Å². The molecule has 1 aromatic rings. The van der Waals surface area contributed by atoms with Crippen molar-refractivity contribution < 1.29 is 9.66 Å². The van der Waals surface area contributed by atoms with Crippen LogP contribution in [0.5, 0.6) is 0 Å². The molecule has 0 spiro atoms. The minimum atomic E-state index is -0.473. The second-order valence-corrected chi connectivity index (χ2v) is 4.34. The number of hydrogen-bond donors (Lipinski definition) is 1. The molecule has 0 radical (unpaired) electrons. The first-order valence-corrected chi connectivity index (χ1v) is 6.22. The molecule has 1 saturated heterocycles. The lowest BCUT2D eigenvalue weighted by Gasteiger charge is -2.22. The maximum absolute atomic E-state index is 10.8. The summed E-state index contributed by atoms with van der Waals surface area (Å²) < 4.78 is 5.60. The summed E-state index contributed by atoms with van der Waals surface area (Å²) in [7, 11) is 0. The number of ether oxygens (including phenoxy) is 1. The van der Waals surface area contributed by atoms with Crippen LogP contribution in [0.4, 0.5) is 11.5 Å². The molecule has 0 aromatic carbocycles. The molecule has 0 aliphatic carbocycles. The van der Waals surface area contributed by atoms with Crippen LogP contribution in [0.2, 0.25) is 0 Å². The number of pyridine rings is 1. The van der Waals surface area contributed by atoms with E-state index in [0.717, 1.165) is 25.9 Å². The Balaban J connectivity index is 1.84. The van der Waals surface area contributed by atoms with Crippen molar-refractivity contribution in [2.45, 2.75) is 31.8 Å². The van der Waals surface area contributed by atoms with Gasteiger partial charge in [0.25, 0.3) is 0 Å². The molecule has 6 heteroatoms. The zero-order valence-corrected chi connectivity index (χ0v) is 10.2. The molecule has 18 heavy (non-hydrogen) atoms. The highest BCUT2D eigenvalue weighted by atomic mass is 16.6. The maximum Gasteiger partial charge on any atom is 0.386 e. The molecule has 2 rings (SSSR count). The summed E-state index contributed by atoms with van der Waals surface area (Å²) in [5, 5.41) is 13.8. The highest BCUT2D eigenvalue weighted by Crippen LogP contribution is 2.21. The molecular weight excluding hydrogens is 234 g/mol. The van der Waals surface area contributed by atoms with Crippen LogP contribution in [-0.2, 0) is 4.74 Å². The lowest BCUT2D eigenvalue weighted by molar-refractivity contribution is -0.388. The fraction of sp³-hybridized carbons (Fsp3) is 0.583. The van der Waals surface area contributed by atoms with E-state index in [1.807, 2.05) is 0 Å². The number of anilines is 1. The quantitative estimate of drug-likeness (QED) is 0.642. The molecular formula is C12H17N3O3. The summed E-state index contributed by atoms with van der Waals surface area (Å²) in [4.78, 5) is 14.0. The summed E-state index contributed by atoms with van der Waals surface area (Å²) in [6.07, 6.45) is 5.99. The van der Waals surface area contributed by atoms with Crippen molar-refractivity contribution in [3.8, 4) is 0 Å². The van der Waals surface area contributed by atoms with Crippen molar-refractivity contribution in [3.05, 3.63) is 28.4 Å². The molecule has 0 saturated carbocycles. The van der Waals surface area contributed by atoms with E-state index in [-0.39, 0.29) is 11.9 Å². The third-order valence-corrected chi connectivity index (χ3v) is 3.02. The van der Waals surface area contributed by atoms with E-state index in [4.69, 9.17) is 4.74 Å². The van der Waals surface area contributed by atoms with Gasteiger partial charge < -0.3 is 20.2 Å². The number of rotatable bonds is 5. The fourth-order valence-electron chi connectivity index (χ4n) is 2.08. The first-order chi connectivity index (χ1) is 8.77. The smallest absolute Gasteiger partial charge is 0.378 e. The molecule has 1 aliphatic heterocycles. The van der Waals surface area contributed by atoms with Gasteiger partial charge in [-0.3, -0.25) is 0 Å². The third-order valence-electron chi connectivity index (χ3n) is 3.02. The molecule has 1 unspecified atom stereocenters. The van der Waals surface area contributed by atoms with E-state index in [0.29, 0.717) is 12.2 Å². The molecule has 1 aliphatic rings. The van der Waals surface area contributed by atoms with Gasteiger partial charge in [0.2, 0.25) is 0 Å². The fourth-order valence-corrected chi connectivity index (χ4v) is 2.08. The van der Waals surface area contributed by atoms with Crippen molar-refractivity contribution in [1.29, 1.82) is 0 Å². The minimum Gasteiger partial charge on any atom is -0.378 e. The molecule has 2 heterocycles. The van der Waals surface area contributed by atoms with Gasteiger partial charge in [0.1, 0.15) is 11.9 Å². The minimum absolute atomic E-state index is 0.123. The Hall–Kier alpha value is -1.69. The van der Waals surface area contributed by atoms with Crippen LogP contribution < -0.4 is 5.32 Å². The topological polar surface area (TPSA) is 77.3 Å². The van der Waals surface area contributed by atoms with E-state index in [1.165, 1.54) is 12.6 Å². The van der Waals surface area contributed by atoms with Gasteiger partial charge >= 0.3 is 5.82 Å². The van der Waals surface area contributed by atoms with Crippen molar-refractivity contribution in [2.75, 3.05) is 18.5 Å². The first kappa shape index (κ1) is 12.8. The van der Waals surface area contributed by atoms with Gasteiger partial charge in [0.15, 0.2) is 0 Å². The van der Waals surface area contributed by atoms with Crippen LogP contribution in [0, 0.1) is 10.1 Å². The monoisotopic (exact) mass is 251 g/mol. The van der Waals surface area contributed by atoms with Crippen molar-refractivity contribution in [1.82, 2.24) is 4.98 Å². The summed E-state index contributed by atoms with van der Waals surface area (Å²) >= 11 is 0. The zero-order valence-electron chi connectivity index (χ0n) is 10.2. The SMILES string of the molecule is O=[N+]([O-])c1ncccc1NCCC1CCCCO1. The molecule has 0 bridgehead atoms. The molecule has 6 nitrogen and oxygen atoms in total. The third kappa shape index (κ3) is 3.40. The van der Waals surface area contributed by atoms with Crippen molar-refractivity contribution >= 4 is 11.5 Å². The number of hydrogen-bond acceptors (Lipinski definition) is 5. The van der Waals surface area contributed by atoms with Crippen LogP contribution in [0.1, 0.15) is 25.7 Å². The average Bonchev–Trinajstić information content (AvgIpc) is 2.40. The average molecular weight is 251 g/mol. The van der Waals surface area contributed by atoms with Crippen LogP contribution in [0.25, 0.3) is 0 Å². The Bertz CT molecular complexity index is 405. The Kier molecular flexibility index (Phi) is 4.46. The van der Waals surface area contributed by atoms with Crippen molar-refractivity contribution in [2.24, 2.45) is 0 Å². The zero-order chi connectivity index (χ0) is 12.8. The van der Waals surface area contributed by atoms with Crippen LogP contribution >= 0.6 is 0 Å². The Morgan fingerprint density at radius 1 is 1.56 bits per heavy atom. The van der Waals surface area contributed by atoms with Gasteiger partial charge in [-0.25, -0.2) is 0 Å². The lowest BCUT2D eigenvalue weighted by Crippen LogP contribution is -2.22. The van der Waals surface area contributed by atoms with Gasteiger partial charge in [0, 0.05) is 13.2 Å². The Labute approximate surface area is 106 Å². The number of nitrogens with zero attached hydrogens (tertiary/aromatic N) is 2. The van der Waals surface area contributed by atoms with Gasteiger partial charge in [-0.05, 0) is 47.7 Å². The maximum atomic E-state index is 10.8. The summed E-state index contributed by atoms with van der Waals surface area (Å²) in [5.41, 5.74) is 0.471. The van der Waals surface area contributed by atoms with Crippen LogP contribution in [-0.4, -0.2) is 29.2 Å². The predicted molar refractivity (Wildman–Crippen MR) is 67.6 cm³/mol. The molecule has 98 valence electrons. The molecule has 1 N–H and O–H groups in total. The second kappa shape index (κ2) is 6.30. The van der Waals surface area contributed by atoms with E-state index in [9.17, 15) is 10.1 Å². The van der Waals surface area contributed by atoms with Gasteiger partial charge in [-0.2, -0.15) is 0 Å². The summed E-state index contributed by atoms with van der Waals surface area (Å²) in [6.45, 7) is 1.49. The largest absolute Gasteiger partial charge is 0.386 e. The number of nitro groups is 1. The van der Waals surface area contributed by atoms with Gasteiger partial charge in [0.05, 0.1) is 6.10 Å². The summed E-state index contributed by atoms with van der Waals surface area (Å²) in [5.74, 6) is -0.123. The second-order valence-electron chi connectivity index (χ2n) is 4.34. The first-order valence-electron chi connectivity index (χ1n) is 6.22. The Morgan fingerprint density at radius 3 is 3.17 bits per heavy atom. The Morgan fingerprint density at radius 2 is 2.44 bits per heavy atom. The normalized spacial score (nSPS) is 19.4. The van der Waals surface area contributed by atoms with E-state index < -0.39 is 4.92 Å². The van der Waals surface area contributed by atoms with Crippen LogP contribution in [0.3, 0.4) is 0 Å². The predicted octanol–water partition coefficient (Wildman–Crippen LogP) is 2.36. The molecule has 0 amide bonds.